The first kappa shape index (κ1) is 21.4. The van der Waals surface area contributed by atoms with Gasteiger partial charge in [0.2, 0.25) is 0 Å². The molecule has 0 saturated carbocycles. The lowest BCUT2D eigenvalue weighted by molar-refractivity contribution is 0.588. The van der Waals surface area contributed by atoms with Gasteiger partial charge in [-0.15, -0.1) is 0 Å². The fourth-order valence-corrected chi connectivity index (χ4v) is 4.52. The molecule has 1 aromatic heterocycles. The minimum atomic E-state index is -3.64. The van der Waals surface area contributed by atoms with Crippen LogP contribution >= 0.6 is 0 Å². The number of aryl methyl sites for hydroxylation is 3. The minimum Gasteiger partial charge on any atom is -0.250 e. The molecule has 0 spiro atoms. The smallest absolute Gasteiger partial charge is 0.250 e. The molecule has 1 aromatic carbocycles. The molecule has 2 aromatic rings. The lowest BCUT2D eigenvalue weighted by Gasteiger charge is -2.24. The maximum Gasteiger partial charge on any atom is 0.265 e. The fourth-order valence-electron chi connectivity index (χ4n) is 3.08. The van der Waals surface area contributed by atoms with Crippen molar-refractivity contribution in [3.63, 3.8) is 0 Å². The zero-order chi connectivity index (χ0) is 19.9. The highest BCUT2D eigenvalue weighted by atomic mass is 32.2. The minimum absolute atomic E-state index is 0.323. The highest BCUT2D eigenvalue weighted by molar-refractivity contribution is 7.92. The van der Waals surface area contributed by atoms with Crippen LogP contribution in [0.2, 0.25) is 0 Å². The van der Waals surface area contributed by atoms with Gasteiger partial charge in [-0.25, -0.2) is 17.7 Å². The van der Waals surface area contributed by atoms with E-state index in [0.29, 0.717) is 17.3 Å². The van der Waals surface area contributed by atoms with Crippen LogP contribution in [0.25, 0.3) is 0 Å². The molecule has 1 heterocycles. The number of anilines is 1. The third-order valence-electron chi connectivity index (χ3n) is 4.55. The summed E-state index contributed by atoms with van der Waals surface area (Å²) in [7, 11) is -3.64. The largest absolute Gasteiger partial charge is 0.265 e. The van der Waals surface area contributed by atoms with E-state index in [9.17, 15) is 8.42 Å². The molecule has 148 valence electrons. The highest BCUT2D eigenvalue weighted by Crippen LogP contribution is 2.25. The van der Waals surface area contributed by atoms with Gasteiger partial charge in [-0.1, -0.05) is 57.7 Å². The van der Waals surface area contributed by atoms with Crippen molar-refractivity contribution < 1.29 is 8.42 Å². The summed E-state index contributed by atoms with van der Waals surface area (Å²) in [5, 5.41) is 0. The Kier molecular flexibility index (Phi) is 7.84. The first-order valence-corrected chi connectivity index (χ1v) is 11.5. The first-order chi connectivity index (χ1) is 12.9. The Hall–Kier alpha value is -1.88. The van der Waals surface area contributed by atoms with Crippen molar-refractivity contribution in [1.82, 2.24) is 4.98 Å². The van der Waals surface area contributed by atoms with Crippen LogP contribution < -0.4 is 4.31 Å². The molecular formula is C22H32N2O2S. The number of pyridine rings is 1. The molecule has 0 atom stereocenters. The Morgan fingerprint density at radius 2 is 1.59 bits per heavy atom. The summed E-state index contributed by atoms with van der Waals surface area (Å²) in [6.45, 7) is 8.72. The zero-order valence-corrected chi connectivity index (χ0v) is 17.8. The third kappa shape index (κ3) is 5.55. The molecule has 0 fully saturated rings. The van der Waals surface area contributed by atoms with Gasteiger partial charge in [-0.05, 0) is 56.0 Å². The second-order valence-corrected chi connectivity index (χ2v) is 8.93. The molecule has 0 aliphatic rings. The molecule has 0 radical (unpaired) electrons. The van der Waals surface area contributed by atoms with Gasteiger partial charge in [0.25, 0.3) is 10.0 Å². The monoisotopic (exact) mass is 388 g/mol. The van der Waals surface area contributed by atoms with Gasteiger partial charge < -0.3 is 0 Å². The number of sulfonamides is 1. The molecule has 0 N–H and O–H groups in total. The number of hydrogen-bond acceptors (Lipinski definition) is 3. The van der Waals surface area contributed by atoms with E-state index in [1.54, 1.807) is 12.1 Å². The fraction of sp³-hybridized carbons (Fsp3) is 0.500. The predicted octanol–water partition coefficient (Wildman–Crippen LogP) is 5.29. The van der Waals surface area contributed by atoms with Crippen LogP contribution in [0.4, 0.5) is 5.82 Å². The van der Waals surface area contributed by atoms with Crippen molar-refractivity contribution in [2.24, 2.45) is 0 Å². The number of aromatic nitrogens is 1. The van der Waals surface area contributed by atoms with E-state index in [4.69, 9.17) is 4.98 Å². The highest BCUT2D eigenvalue weighted by Gasteiger charge is 2.26. The van der Waals surface area contributed by atoms with Crippen LogP contribution in [0.1, 0.15) is 63.3 Å². The van der Waals surface area contributed by atoms with Gasteiger partial charge in [0.15, 0.2) is 0 Å². The lowest BCUT2D eigenvalue weighted by atomic mass is 10.1. The van der Waals surface area contributed by atoms with E-state index in [0.717, 1.165) is 55.3 Å². The average molecular weight is 389 g/mol. The van der Waals surface area contributed by atoms with Crippen molar-refractivity contribution in [2.45, 2.75) is 71.1 Å². The van der Waals surface area contributed by atoms with Gasteiger partial charge in [0.1, 0.15) is 5.82 Å². The second-order valence-electron chi connectivity index (χ2n) is 7.07. The molecule has 0 saturated heterocycles. The van der Waals surface area contributed by atoms with Crippen LogP contribution in [-0.4, -0.2) is 19.9 Å². The van der Waals surface area contributed by atoms with Crippen molar-refractivity contribution in [2.75, 3.05) is 10.8 Å². The molecule has 0 bridgehead atoms. The number of rotatable bonds is 10. The summed E-state index contributed by atoms with van der Waals surface area (Å²) in [4.78, 5) is 5.04. The second kappa shape index (κ2) is 9.88. The summed E-state index contributed by atoms with van der Waals surface area (Å²) < 4.78 is 28.2. The topological polar surface area (TPSA) is 50.3 Å². The van der Waals surface area contributed by atoms with Gasteiger partial charge in [-0.3, -0.25) is 0 Å². The van der Waals surface area contributed by atoms with Crippen LogP contribution in [0.15, 0.2) is 41.3 Å². The number of hydrogen-bond donors (Lipinski definition) is 0. The average Bonchev–Trinajstić information content (AvgIpc) is 2.63. The summed E-state index contributed by atoms with van der Waals surface area (Å²) in [5.74, 6) is 0.554. The molecule has 0 unspecified atom stereocenters. The van der Waals surface area contributed by atoms with Crippen LogP contribution in [-0.2, 0) is 22.9 Å². The number of unbranched alkanes of at least 4 members (excludes halogenated alkanes) is 1. The van der Waals surface area contributed by atoms with Crippen molar-refractivity contribution in [3.8, 4) is 0 Å². The molecule has 0 aliphatic carbocycles. The Bertz CT molecular complexity index is 806. The van der Waals surface area contributed by atoms with E-state index in [2.05, 4.69) is 26.8 Å². The summed E-state index contributed by atoms with van der Waals surface area (Å²) >= 11 is 0. The summed E-state index contributed by atoms with van der Waals surface area (Å²) in [5.41, 5.74) is 3.17. The molecular weight excluding hydrogens is 356 g/mol. The van der Waals surface area contributed by atoms with Gasteiger partial charge >= 0.3 is 0 Å². The molecule has 2 rings (SSSR count). The number of benzene rings is 1. The van der Waals surface area contributed by atoms with E-state index in [1.165, 1.54) is 4.31 Å². The molecule has 27 heavy (non-hydrogen) atoms. The summed E-state index contributed by atoms with van der Waals surface area (Å²) in [6, 6.07) is 11.1. The number of nitrogens with zero attached hydrogens (tertiary/aromatic N) is 2. The molecule has 0 amide bonds. The van der Waals surface area contributed by atoms with Gasteiger partial charge in [-0.2, -0.15) is 0 Å². The quantitative estimate of drug-likeness (QED) is 0.555. The van der Waals surface area contributed by atoms with Crippen molar-refractivity contribution in [3.05, 3.63) is 53.2 Å². The third-order valence-corrected chi connectivity index (χ3v) is 6.37. The molecule has 0 aliphatic heterocycles. The summed E-state index contributed by atoms with van der Waals surface area (Å²) in [6.07, 6.45) is 5.52. The van der Waals surface area contributed by atoms with E-state index >= 15 is 0 Å². The maximum atomic E-state index is 13.4. The van der Waals surface area contributed by atoms with E-state index in [1.807, 2.05) is 25.1 Å². The predicted molar refractivity (Wildman–Crippen MR) is 113 cm³/mol. The van der Waals surface area contributed by atoms with Crippen LogP contribution in [0.5, 0.6) is 0 Å². The van der Waals surface area contributed by atoms with Gasteiger partial charge in [0.05, 0.1) is 4.90 Å². The van der Waals surface area contributed by atoms with Crippen LogP contribution in [0, 0.1) is 6.92 Å². The molecule has 4 nitrogen and oxygen atoms in total. The first-order valence-electron chi connectivity index (χ1n) is 10.0. The Balaban J connectivity index is 2.53. The van der Waals surface area contributed by atoms with Gasteiger partial charge in [0, 0.05) is 12.2 Å². The van der Waals surface area contributed by atoms with E-state index in [-0.39, 0.29) is 0 Å². The standard InChI is InChI=1S/C22H32N2O2S/c1-5-8-15-24(27(25,26)21-13-11-18(4)12-14-21)22-17-19(9-6-2)16-20(23-22)10-7-3/h11-14,16-17H,5-10,15H2,1-4H3. The lowest BCUT2D eigenvalue weighted by Crippen LogP contribution is -2.33. The van der Waals surface area contributed by atoms with E-state index < -0.39 is 10.0 Å². The zero-order valence-electron chi connectivity index (χ0n) is 17.0. The van der Waals surface area contributed by atoms with Crippen molar-refractivity contribution >= 4 is 15.8 Å². The SMILES string of the molecule is CCCCN(c1cc(CCC)cc(CCC)n1)S(=O)(=O)c1ccc(C)cc1. The molecule has 5 heteroatoms. The Morgan fingerprint density at radius 3 is 2.19 bits per heavy atom. The van der Waals surface area contributed by atoms with Crippen molar-refractivity contribution in [1.29, 1.82) is 0 Å². The van der Waals surface area contributed by atoms with Crippen LogP contribution in [0.3, 0.4) is 0 Å². The maximum absolute atomic E-state index is 13.4. The Morgan fingerprint density at radius 1 is 0.926 bits per heavy atom. The Labute approximate surface area is 164 Å². The normalized spacial score (nSPS) is 11.6.